The van der Waals surface area contributed by atoms with Crippen LogP contribution < -0.4 is 9.47 Å². The molecule has 0 N–H and O–H groups in total. The molecule has 1 heterocycles. The molecule has 2 aromatic carbocycles. The monoisotopic (exact) mass is 335 g/mol. The molecule has 5 heteroatoms. The second-order valence-electron chi connectivity index (χ2n) is 5.99. The van der Waals surface area contributed by atoms with Crippen molar-refractivity contribution in [2.45, 2.75) is 25.4 Å². The van der Waals surface area contributed by atoms with E-state index < -0.39 is 6.04 Å². The average Bonchev–Trinajstić information content (AvgIpc) is 3.04. The summed E-state index contributed by atoms with van der Waals surface area (Å²) in [5.41, 5.74) is 3.01. The summed E-state index contributed by atoms with van der Waals surface area (Å²) in [7, 11) is 3.19. The molecule has 0 spiro atoms. The minimum atomic E-state index is -0.498. The molecule has 2 atom stereocenters. The molecule has 0 aliphatic carbocycles. The second kappa shape index (κ2) is 7.27. The number of nitrogens with zero attached hydrogens (tertiary/aromatic N) is 3. The highest BCUT2D eigenvalue weighted by Crippen LogP contribution is 2.39. The first-order valence-electron chi connectivity index (χ1n) is 8.16. The predicted molar refractivity (Wildman–Crippen MR) is 96.6 cm³/mol. The molecule has 2 aromatic rings. The van der Waals surface area contributed by atoms with Gasteiger partial charge in [-0.15, -0.1) is 0 Å². The van der Waals surface area contributed by atoms with Crippen LogP contribution in [0.2, 0.25) is 0 Å². The lowest BCUT2D eigenvalue weighted by atomic mass is 9.99. The maximum absolute atomic E-state index is 9.85. The fraction of sp³-hybridized carbons (Fsp3) is 0.300. The van der Waals surface area contributed by atoms with Crippen LogP contribution in [0.4, 0.5) is 0 Å². The molecular weight excluding hydrogens is 314 g/mol. The van der Waals surface area contributed by atoms with Gasteiger partial charge in [-0.05, 0) is 30.2 Å². The molecule has 0 bridgehead atoms. The van der Waals surface area contributed by atoms with E-state index in [-0.39, 0.29) is 6.04 Å². The summed E-state index contributed by atoms with van der Waals surface area (Å²) in [5, 5.41) is 16.4. The number of hydrogen-bond acceptors (Lipinski definition) is 5. The number of methoxy groups -OCH3 is 2. The number of ether oxygens (including phenoxy) is 2. The molecule has 0 saturated carbocycles. The highest BCUT2D eigenvalue weighted by Gasteiger charge is 2.33. The van der Waals surface area contributed by atoms with Crippen molar-refractivity contribution >= 4 is 5.71 Å². The SMILES string of the molecule is COc1ccc([C@H](C#N)N2N=C(C)C[C@@H]2c2ccccc2)cc1OC. The number of hydrogen-bond donors (Lipinski definition) is 0. The first-order valence-corrected chi connectivity index (χ1v) is 8.16. The van der Waals surface area contributed by atoms with E-state index in [0.717, 1.165) is 23.3 Å². The van der Waals surface area contributed by atoms with Gasteiger partial charge < -0.3 is 9.47 Å². The van der Waals surface area contributed by atoms with E-state index in [2.05, 4.69) is 23.3 Å². The molecule has 1 aliphatic heterocycles. The minimum Gasteiger partial charge on any atom is -0.493 e. The Balaban J connectivity index is 1.98. The van der Waals surface area contributed by atoms with Crippen molar-refractivity contribution in [3.63, 3.8) is 0 Å². The molecule has 1 aliphatic rings. The normalized spacial score (nSPS) is 17.6. The summed E-state index contributed by atoms with van der Waals surface area (Å²) in [4.78, 5) is 0. The fourth-order valence-electron chi connectivity index (χ4n) is 3.17. The van der Waals surface area contributed by atoms with Crippen molar-refractivity contribution in [3.8, 4) is 17.6 Å². The molecule has 5 nitrogen and oxygen atoms in total. The number of benzene rings is 2. The molecule has 25 heavy (non-hydrogen) atoms. The van der Waals surface area contributed by atoms with Crippen LogP contribution in [0.5, 0.6) is 11.5 Å². The Morgan fingerprint density at radius 3 is 2.48 bits per heavy atom. The average molecular weight is 335 g/mol. The van der Waals surface area contributed by atoms with Crippen LogP contribution in [0.15, 0.2) is 53.6 Å². The van der Waals surface area contributed by atoms with Crippen molar-refractivity contribution in [2.24, 2.45) is 5.10 Å². The summed E-state index contributed by atoms with van der Waals surface area (Å²) in [6, 6.07) is 17.7. The minimum absolute atomic E-state index is 0.0546. The van der Waals surface area contributed by atoms with Gasteiger partial charge in [0.1, 0.15) is 0 Å². The van der Waals surface area contributed by atoms with Gasteiger partial charge in [0.2, 0.25) is 0 Å². The molecule has 0 aromatic heterocycles. The van der Waals surface area contributed by atoms with Gasteiger partial charge in [0.25, 0.3) is 0 Å². The van der Waals surface area contributed by atoms with E-state index in [0.29, 0.717) is 11.5 Å². The van der Waals surface area contributed by atoms with Crippen molar-refractivity contribution in [2.75, 3.05) is 14.2 Å². The van der Waals surface area contributed by atoms with Gasteiger partial charge in [0.15, 0.2) is 17.5 Å². The summed E-state index contributed by atoms with van der Waals surface area (Å²) >= 11 is 0. The molecule has 0 amide bonds. The molecule has 3 rings (SSSR count). The third kappa shape index (κ3) is 3.29. The van der Waals surface area contributed by atoms with Crippen LogP contribution >= 0.6 is 0 Å². The standard InChI is InChI=1S/C20H21N3O2/c1-14-11-17(15-7-5-4-6-8-15)23(22-14)18(13-21)16-9-10-19(24-2)20(12-16)25-3/h4-10,12,17-18H,11H2,1-3H3/t17-,18+/m1/s1. The third-order valence-corrected chi connectivity index (χ3v) is 4.39. The van der Waals surface area contributed by atoms with E-state index in [1.54, 1.807) is 14.2 Å². The molecule has 0 fully saturated rings. The molecule has 128 valence electrons. The van der Waals surface area contributed by atoms with E-state index in [1.165, 1.54) is 0 Å². The summed E-state index contributed by atoms with van der Waals surface area (Å²) in [6.07, 6.45) is 0.815. The van der Waals surface area contributed by atoms with Crippen LogP contribution in [0, 0.1) is 11.3 Å². The molecule has 0 unspecified atom stereocenters. The lowest BCUT2D eigenvalue weighted by Gasteiger charge is -2.28. The zero-order chi connectivity index (χ0) is 17.8. The Bertz CT molecular complexity index is 811. The van der Waals surface area contributed by atoms with E-state index in [9.17, 15) is 5.26 Å². The molecular formula is C20H21N3O2. The van der Waals surface area contributed by atoms with Crippen molar-refractivity contribution in [1.82, 2.24) is 5.01 Å². The second-order valence-corrected chi connectivity index (χ2v) is 5.99. The largest absolute Gasteiger partial charge is 0.493 e. The van der Waals surface area contributed by atoms with Crippen LogP contribution in [-0.2, 0) is 0 Å². The van der Waals surface area contributed by atoms with Gasteiger partial charge in [0.05, 0.1) is 26.3 Å². The smallest absolute Gasteiger partial charge is 0.161 e. The lowest BCUT2D eigenvalue weighted by molar-refractivity contribution is 0.196. The third-order valence-electron chi connectivity index (χ3n) is 4.39. The van der Waals surface area contributed by atoms with Crippen molar-refractivity contribution < 1.29 is 9.47 Å². The number of nitriles is 1. The zero-order valence-corrected chi connectivity index (χ0v) is 14.6. The van der Waals surface area contributed by atoms with Crippen LogP contribution in [0.1, 0.15) is 36.6 Å². The zero-order valence-electron chi connectivity index (χ0n) is 14.6. The number of rotatable bonds is 5. The van der Waals surface area contributed by atoms with E-state index >= 15 is 0 Å². The number of hydrazone groups is 1. The first kappa shape index (κ1) is 16.8. The molecule has 0 radical (unpaired) electrons. The fourth-order valence-corrected chi connectivity index (χ4v) is 3.17. The van der Waals surface area contributed by atoms with Gasteiger partial charge in [-0.2, -0.15) is 10.4 Å². The van der Waals surface area contributed by atoms with Crippen molar-refractivity contribution in [3.05, 3.63) is 59.7 Å². The highest BCUT2D eigenvalue weighted by molar-refractivity contribution is 5.84. The van der Waals surface area contributed by atoms with Crippen LogP contribution in [0.25, 0.3) is 0 Å². The van der Waals surface area contributed by atoms with Gasteiger partial charge in [-0.25, -0.2) is 0 Å². The van der Waals surface area contributed by atoms with Gasteiger partial charge in [-0.3, -0.25) is 5.01 Å². The Labute approximate surface area is 148 Å². The predicted octanol–water partition coefficient (Wildman–Crippen LogP) is 4.09. The summed E-state index contributed by atoms with van der Waals surface area (Å²) in [5.74, 6) is 1.25. The van der Waals surface area contributed by atoms with Crippen LogP contribution in [-0.4, -0.2) is 24.9 Å². The maximum Gasteiger partial charge on any atom is 0.161 e. The van der Waals surface area contributed by atoms with Gasteiger partial charge in [0, 0.05) is 12.1 Å². The van der Waals surface area contributed by atoms with E-state index in [1.807, 2.05) is 48.3 Å². The quantitative estimate of drug-likeness (QED) is 0.826. The Hall–Kier alpha value is -3.00. The highest BCUT2D eigenvalue weighted by atomic mass is 16.5. The van der Waals surface area contributed by atoms with Crippen molar-refractivity contribution in [1.29, 1.82) is 5.26 Å². The Kier molecular flexibility index (Phi) is 4.90. The maximum atomic E-state index is 9.85. The van der Waals surface area contributed by atoms with Gasteiger partial charge >= 0.3 is 0 Å². The summed E-state index contributed by atoms with van der Waals surface area (Å²) in [6.45, 7) is 2.00. The summed E-state index contributed by atoms with van der Waals surface area (Å²) < 4.78 is 10.7. The van der Waals surface area contributed by atoms with E-state index in [4.69, 9.17) is 9.47 Å². The first-order chi connectivity index (χ1) is 12.2. The Morgan fingerprint density at radius 2 is 1.84 bits per heavy atom. The van der Waals surface area contributed by atoms with Crippen LogP contribution in [0.3, 0.4) is 0 Å². The lowest BCUT2D eigenvalue weighted by Crippen LogP contribution is -2.24. The molecule has 0 saturated heterocycles. The van der Waals surface area contributed by atoms with Gasteiger partial charge in [-0.1, -0.05) is 36.4 Å². The topological polar surface area (TPSA) is 57.8 Å². The Morgan fingerprint density at radius 1 is 1.12 bits per heavy atom.